The van der Waals surface area contributed by atoms with Crippen molar-refractivity contribution in [3.05, 3.63) is 29.3 Å². The second-order valence-electron chi connectivity index (χ2n) is 4.89. The van der Waals surface area contributed by atoms with Crippen LogP contribution in [0.4, 0.5) is 0 Å². The van der Waals surface area contributed by atoms with Crippen molar-refractivity contribution in [3.8, 4) is 11.8 Å². The average molecular weight is 246 g/mol. The lowest BCUT2D eigenvalue weighted by Crippen LogP contribution is -2.34. The molecule has 0 spiro atoms. The van der Waals surface area contributed by atoms with Crippen molar-refractivity contribution < 1.29 is 4.74 Å². The molecule has 3 heteroatoms. The van der Waals surface area contributed by atoms with Gasteiger partial charge in [-0.25, -0.2) is 0 Å². The maximum absolute atomic E-state index is 8.98. The first-order valence-electron chi connectivity index (χ1n) is 6.38. The van der Waals surface area contributed by atoms with Crippen LogP contribution in [0.5, 0.6) is 5.75 Å². The molecule has 0 bridgehead atoms. The van der Waals surface area contributed by atoms with Gasteiger partial charge in [-0.2, -0.15) is 5.26 Å². The Hall–Kier alpha value is -1.53. The van der Waals surface area contributed by atoms with Crippen molar-refractivity contribution in [1.82, 2.24) is 5.32 Å². The number of nitrogens with one attached hydrogen (secondary N) is 1. The normalized spacial score (nSPS) is 12.2. The van der Waals surface area contributed by atoms with Gasteiger partial charge in [0.2, 0.25) is 0 Å². The highest BCUT2D eigenvalue weighted by atomic mass is 16.5. The topological polar surface area (TPSA) is 45.0 Å². The summed E-state index contributed by atoms with van der Waals surface area (Å²) in [7, 11) is 0. The monoisotopic (exact) mass is 246 g/mol. The van der Waals surface area contributed by atoms with Gasteiger partial charge in [0.15, 0.2) is 0 Å². The van der Waals surface area contributed by atoms with Crippen LogP contribution in [0.15, 0.2) is 18.2 Å². The first-order chi connectivity index (χ1) is 8.52. The van der Waals surface area contributed by atoms with E-state index in [0.717, 1.165) is 5.75 Å². The van der Waals surface area contributed by atoms with Gasteiger partial charge in [0.05, 0.1) is 18.7 Å². The number of nitrogens with zero attached hydrogens (tertiary/aromatic N) is 1. The van der Waals surface area contributed by atoms with Crippen molar-refractivity contribution in [3.63, 3.8) is 0 Å². The Kier molecular flexibility index (Phi) is 5.67. The quantitative estimate of drug-likeness (QED) is 0.839. The van der Waals surface area contributed by atoms with E-state index >= 15 is 0 Å². The standard InChI is InChI=1S/C15H22N2O/c1-11(2)17-14(10-16)7-8-18-15-6-5-12(3)13(4)9-15/h5-6,9,11,14,17H,7-8H2,1-4H3. The Balaban J connectivity index is 2.41. The van der Waals surface area contributed by atoms with Crippen LogP contribution >= 0.6 is 0 Å². The molecule has 98 valence electrons. The molecule has 0 aliphatic carbocycles. The van der Waals surface area contributed by atoms with Crippen LogP contribution in [0.2, 0.25) is 0 Å². The minimum absolute atomic E-state index is 0.142. The third kappa shape index (κ3) is 4.77. The molecule has 1 aromatic carbocycles. The van der Waals surface area contributed by atoms with Crippen LogP contribution in [-0.4, -0.2) is 18.7 Å². The molecular formula is C15H22N2O. The lowest BCUT2D eigenvalue weighted by molar-refractivity contribution is 0.294. The molecule has 0 aliphatic heterocycles. The third-order valence-electron chi connectivity index (χ3n) is 2.84. The fourth-order valence-corrected chi connectivity index (χ4v) is 1.69. The number of aryl methyl sites for hydroxylation is 2. The summed E-state index contributed by atoms with van der Waals surface area (Å²) in [5.74, 6) is 0.874. The number of benzene rings is 1. The summed E-state index contributed by atoms with van der Waals surface area (Å²) in [5.41, 5.74) is 2.49. The Morgan fingerprint density at radius 2 is 2.00 bits per heavy atom. The number of ether oxygens (including phenoxy) is 1. The van der Waals surface area contributed by atoms with Gasteiger partial charge in [0, 0.05) is 12.5 Å². The fraction of sp³-hybridized carbons (Fsp3) is 0.533. The molecule has 1 N–H and O–H groups in total. The first kappa shape index (κ1) is 14.5. The van der Waals surface area contributed by atoms with Gasteiger partial charge in [-0.1, -0.05) is 6.07 Å². The van der Waals surface area contributed by atoms with Crippen LogP contribution in [0, 0.1) is 25.2 Å². The molecule has 1 unspecified atom stereocenters. The molecular weight excluding hydrogens is 224 g/mol. The van der Waals surface area contributed by atoms with Crippen LogP contribution in [0.3, 0.4) is 0 Å². The maximum atomic E-state index is 8.98. The van der Waals surface area contributed by atoms with Gasteiger partial charge in [-0.05, 0) is 51.0 Å². The molecule has 1 rings (SSSR count). The number of nitriles is 1. The van der Waals surface area contributed by atoms with Gasteiger partial charge < -0.3 is 4.74 Å². The fourth-order valence-electron chi connectivity index (χ4n) is 1.69. The van der Waals surface area contributed by atoms with Crippen molar-refractivity contribution in [2.45, 2.75) is 46.2 Å². The van der Waals surface area contributed by atoms with Gasteiger partial charge in [-0.3, -0.25) is 5.32 Å². The lowest BCUT2D eigenvalue weighted by Gasteiger charge is -2.15. The van der Waals surface area contributed by atoms with Crippen molar-refractivity contribution in [2.24, 2.45) is 0 Å². The van der Waals surface area contributed by atoms with E-state index in [4.69, 9.17) is 10.00 Å². The Morgan fingerprint density at radius 1 is 1.28 bits per heavy atom. The van der Waals surface area contributed by atoms with E-state index in [-0.39, 0.29) is 6.04 Å². The molecule has 0 radical (unpaired) electrons. The van der Waals surface area contributed by atoms with Gasteiger partial charge >= 0.3 is 0 Å². The molecule has 0 aliphatic rings. The lowest BCUT2D eigenvalue weighted by atomic mass is 10.1. The molecule has 1 atom stereocenters. The van der Waals surface area contributed by atoms with Gasteiger partial charge in [-0.15, -0.1) is 0 Å². The van der Waals surface area contributed by atoms with E-state index in [0.29, 0.717) is 19.1 Å². The minimum Gasteiger partial charge on any atom is -0.493 e. The van der Waals surface area contributed by atoms with E-state index in [2.05, 4.69) is 31.3 Å². The highest BCUT2D eigenvalue weighted by Gasteiger charge is 2.08. The molecule has 0 saturated carbocycles. The number of hydrogen-bond acceptors (Lipinski definition) is 3. The van der Waals surface area contributed by atoms with Crippen LogP contribution < -0.4 is 10.1 Å². The Labute approximate surface area is 110 Å². The average Bonchev–Trinajstić information content (AvgIpc) is 2.32. The predicted molar refractivity (Wildman–Crippen MR) is 73.7 cm³/mol. The zero-order valence-electron chi connectivity index (χ0n) is 11.7. The van der Waals surface area contributed by atoms with Gasteiger partial charge in [0.25, 0.3) is 0 Å². The van der Waals surface area contributed by atoms with Crippen LogP contribution in [-0.2, 0) is 0 Å². The largest absolute Gasteiger partial charge is 0.493 e. The van der Waals surface area contributed by atoms with Gasteiger partial charge in [0.1, 0.15) is 5.75 Å². The van der Waals surface area contributed by atoms with Crippen LogP contribution in [0.1, 0.15) is 31.4 Å². The zero-order valence-corrected chi connectivity index (χ0v) is 11.7. The summed E-state index contributed by atoms with van der Waals surface area (Å²) in [6.07, 6.45) is 0.696. The molecule has 1 aromatic rings. The molecule has 3 nitrogen and oxygen atoms in total. The Bertz CT molecular complexity index is 421. The predicted octanol–water partition coefficient (Wildman–Crippen LogP) is 2.96. The summed E-state index contributed by atoms with van der Waals surface area (Å²) in [6.45, 7) is 8.78. The smallest absolute Gasteiger partial charge is 0.119 e. The van der Waals surface area contributed by atoms with E-state index in [1.54, 1.807) is 0 Å². The van der Waals surface area contributed by atoms with Crippen molar-refractivity contribution in [2.75, 3.05) is 6.61 Å². The van der Waals surface area contributed by atoms with Crippen molar-refractivity contribution >= 4 is 0 Å². The van der Waals surface area contributed by atoms with E-state index in [9.17, 15) is 0 Å². The minimum atomic E-state index is -0.142. The summed E-state index contributed by atoms with van der Waals surface area (Å²) in [5, 5.41) is 12.2. The summed E-state index contributed by atoms with van der Waals surface area (Å²) in [6, 6.07) is 8.48. The Morgan fingerprint density at radius 3 is 2.56 bits per heavy atom. The molecule has 0 aromatic heterocycles. The van der Waals surface area contributed by atoms with Crippen LogP contribution in [0.25, 0.3) is 0 Å². The molecule has 0 saturated heterocycles. The van der Waals surface area contributed by atoms with E-state index in [1.165, 1.54) is 11.1 Å². The molecule has 18 heavy (non-hydrogen) atoms. The summed E-state index contributed by atoms with van der Waals surface area (Å²) < 4.78 is 5.66. The number of hydrogen-bond donors (Lipinski definition) is 1. The zero-order chi connectivity index (χ0) is 13.5. The summed E-state index contributed by atoms with van der Waals surface area (Å²) >= 11 is 0. The SMILES string of the molecule is Cc1ccc(OCCC(C#N)NC(C)C)cc1C. The second-order valence-corrected chi connectivity index (χ2v) is 4.89. The highest BCUT2D eigenvalue weighted by molar-refractivity contribution is 5.33. The molecule has 0 heterocycles. The third-order valence-corrected chi connectivity index (χ3v) is 2.84. The number of rotatable bonds is 6. The highest BCUT2D eigenvalue weighted by Crippen LogP contribution is 2.16. The molecule has 0 amide bonds. The summed E-state index contributed by atoms with van der Waals surface area (Å²) in [4.78, 5) is 0. The second kappa shape index (κ2) is 7.03. The van der Waals surface area contributed by atoms with Crippen molar-refractivity contribution in [1.29, 1.82) is 5.26 Å². The first-order valence-corrected chi connectivity index (χ1v) is 6.38. The maximum Gasteiger partial charge on any atom is 0.119 e. The molecule has 0 fully saturated rings. The van der Waals surface area contributed by atoms with E-state index in [1.807, 2.05) is 26.0 Å². The van der Waals surface area contributed by atoms with E-state index < -0.39 is 0 Å².